The van der Waals surface area contributed by atoms with Gasteiger partial charge in [0, 0.05) is 33.7 Å². The van der Waals surface area contributed by atoms with Gasteiger partial charge in [0.2, 0.25) is 0 Å². The summed E-state index contributed by atoms with van der Waals surface area (Å²) < 4.78 is 1.09. The average molecular weight is 338 g/mol. The number of thioether (sulfide) groups is 1. The van der Waals surface area contributed by atoms with Crippen molar-refractivity contribution >= 4 is 27.7 Å². The Labute approximate surface area is 126 Å². The summed E-state index contributed by atoms with van der Waals surface area (Å²) in [7, 11) is 0. The first-order valence-corrected chi connectivity index (χ1v) is 7.86. The second-order valence-corrected chi connectivity index (χ2v) is 6.35. The van der Waals surface area contributed by atoms with Crippen molar-refractivity contribution in [2.75, 3.05) is 0 Å². The molecule has 0 bridgehead atoms. The van der Waals surface area contributed by atoms with Gasteiger partial charge in [-0.15, -0.1) is 11.8 Å². The maximum Gasteiger partial charge on any atom is 0.138 e. The summed E-state index contributed by atoms with van der Waals surface area (Å²) in [5, 5.41) is 0. The van der Waals surface area contributed by atoms with E-state index in [2.05, 4.69) is 38.0 Å². The summed E-state index contributed by atoms with van der Waals surface area (Å²) in [6.45, 7) is 1.98. The van der Waals surface area contributed by atoms with Crippen LogP contribution in [0.5, 0.6) is 0 Å². The Morgan fingerprint density at radius 3 is 2.68 bits per heavy atom. The van der Waals surface area contributed by atoms with Gasteiger partial charge in [0.1, 0.15) is 5.82 Å². The van der Waals surface area contributed by atoms with Crippen LogP contribution in [-0.4, -0.2) is 16.0 Å². The fourth-order valence-electron chi connectivity index (χ4n) is 1.63. The van der Waals surface area contributed by atoms with Gasteiger partial charge >= 0.3 is 0 Å². The van der Waals surface area contributed by atoms with Gasteiger partial charge in [-0.2, -0.15) is 0 Å². The molecule has 0 fully saturated rings. The number of hydrogen-bond donors (Lipinski definition) is 1. The number of hydrogen-bond acceptors (Lipinski definition) is 4. The maximum atomic E-state index is 5.78. The highest BCUT2D eigenvalue weighted by Gasteiger charge is 2.03. The number of halogens is 1. The molecule has 0 saturated heterocycles. The van der Waals surface area contributed by atoms with E-state index in [1.165, 1.54) is 4.90 Å². The quantitative estimate of drug-likeness (QED) is 0.849. The molecule has 0 saturated carbocycles. The zero-order valence-corrected chi connectivity index (χ0v) is 13.1. The first kappa shape index (κ1) is 14.5. The largest absolute Gasteiger partial charge is 0.328 e. The lowest BCUT2D eigenvalue weighted by molar-refractivity contribution is 0.715. The first-order valence-electron chi connectivity index (χ1n) is 6.08. The van der Waals surface area contributed by atoms with Crippen molar-refractivity contribution in [3.63, 3.8) is 0 Å². The summed E-state index contributed by atoms with van der Waals surface area (Å²) in [5.41, 5.74) is 6.79. The minimum absolute atomic E-state index is 0.127. The maximum absolute atomic E-state index is 5.78. The highest BCUT2D eigenvalue weighted by molar-refractivity contribution is 9.10. The van der Waals surface area contributed by atoms with Crippen LogP contribution in [0.1, 0.15) is 18.4 Å². The summed E-state index contributed by atoms with van der Waals surface area (Å²) in [4.78, 5) is 10.0. The van der Waals surface area contributed by atoms with E-state index in [4.69, 9.17) is 5.73 Å². The van der Waals surface area contributed by atoms with Gasteiger partial charge in [-0.05, 0) is 37.3 Å². The van der Waals surface area contributed by atoms with E-state index in [9.17, 15) is 0 Å². The SMILES string of the molecule is CC(N)Cc1ccnc(CSc2ccc(Br)cc2)n1. The zero-order chi connectivity index (χ0) is 13.7. The fraction of sp³-hybridized carbons (Fsp3) is 0.286. The molecule has 19 heavy (non-hydrogen) atoms. The third kappa shape index (κ3) is 4.93. The molecule has 0 spiro atoms. The first-order chi connectivity index (χ1) is 9.13. The van der Waals surface area contributed by atoms with Gasteiger partial charge in [0.05, 0.1) is 5.75 Å². The Morgan fingerprint density at radius 1 is 1.26 bits per heavy atom. The van der Waals surface area contributed by atoms with Crippen LogP contribution in [0.3, 0.4) is 0 Å². The van der Waals surface area contributed by atoms with E-state index in [1.807, 2.05) is 31.3 Å². The molecule has 0 radical (unpaired) electrons. The molecular formula is C14H16BrN3S. The van der Waals surface area contributed by atoms with Gasteiger partial charge in [-0.25, -0.2) is 9.97 Å². The smallest absolute Gasteiger partial charge is 0.138 e. The molecular weight excluding hydrogens is 322 g/mol. The molecule has 1 aromatic carbocycles. The van der Waals surface area contributed by atoms with Crippen LogP contribution in [0.25, 0.3) is 0 Å². The summed E-state index contributed by atoms with van der Waals surface area (Å²) in [6.07, 6.45) is 2.60. The molecule has 2 rings (SSSR count). The molecule has 0 amide bonds. The topological polar surface area (TPSA) is 51.8 Å². The normalized spacial score (nSPS) is 12.4. The van der Waals surface area contributed by atoms with Crippen molar-refractivity contribution in [3.8, 4) is 0 Å². The van der Waals surface area contributed by atoms with Crippen molar-refractivity contribution in [2.45, 2.75) is 30.0 Å². The Hall–Kier alpha value is -0.910. The Bertz CT molecular complexity index is 528. The van der Waals surface area contributed by atoms with Crippen molar-refractivity contribution < 1.29 is 0 Å². The van der Waals surface area contributed by atoms with Gasteiger partial charge in [0.25, 0.3) is 0 Å². The molecule has 3 nitrogen and oxygen atoms in total. The molecule has 1 atom stereocenters. The standard InChI is InChI=1S/C14H16BrN3S/c1-10(16)8-12-6-7-17-14(18-12)9-19-13-4-2-11(15)3-5-13/h2-7,10H,8-9,16H2,1H3. The summed E-state index contributed by atoms with van der Waals surface area (Å²) in [6, 6.07) is 10.3. The van der Waals surface area contributed by atoms with Gasteiger partial charge < -0.3 is 5.73 Å². The number of nitrogens with two attached hydrogens (primary N) is 1. The molecule has 0 aliphatic rings. The number of rotatable bonds is 5. The van der Waals surface area contributed by atoms with Crippen LogP contribution in [-0.2, 0) is 12.2 Å². The Balaban J connectivity index is 1.97. The number of nitrogens with zero attached hydrogens (tertiary/aromatic N) is 2. The molecule has 100 valence electrons. The lowest BCUT2D eigenvalue weighted by atomic mass is 10.2. The van der Waals surface area contributed by atoms with Crippen molar-refractivity contribution in [1.82, 2.24) is 9.97 Å². The fourth-order valence-corrected chi connectivity index (χ4v) is 2.66. The van der Waals surface area contributed by atoms with E-state index in [-0.39, 0.29) is 6.04 Å². The van der Waals surface area contributed by atoms with Crippen molar-refractivity contribution in [1.29, 1.82) is 0 Å². The molecule has 1 aromatic heterocycles. The Morgan fingerprint density at radius 2 is 2.00 bits per heavy atom. The minimum atomic E-state index is 0.127. The van der Waals surface area contributed by atoms with Gasteiger partial charge in [-0.1, -0.05) is 15.9 Å². The summed E-state index contributed by atoms with van der Waals surface area (Å²) >= 11 is 5.16. The van der Waals surface area contributed by atoms with E-state index in [1.54, 1.807) is 11.8 Å². The van der Waals surface area contributed by atoms with Crippen LogP contribution in [0, 0.1) is 0 Å². The lowest BCUT2D eigenvalue weighted by Crippen LogP contribution is -2.18. The van der Waals surface area contributed by atoms with E-state index >= 15 is 0 Å². The van der Waals surface area contributed by atoms with Crippen LogP contribution < -0.4 is 5.73 Å². The highest BCUT2D eigenvalue weighted by Crippen LogP contribution is 2.23. The molecule has 0 aliphatic carbocycles. The Kier molecular flexibility index (Phi) is 5.36. The number of benzene rings is 1. The van der Waals surface area contributed by atoms with E-state index < -0.39 is 0 Å². The van der Waals surface area contributed by atoms with Crippen LogP contribution in [0.2, 0.25) is 0 Å². The van der Waals surface area contributed by atoms with E-state index in [0.717, 1.165) is 28.2 Å². The molecule has 1 unspecified atom stereocenters. The average Bonchev–Trinajstić information content (AvgIpc) is 2.38. The molecule has 1 heterocycles. The van der Waals surface area contributed by atoms with Crippen LogP contribution in [0.15, 0.2) is 45.9 Å². The second-order valence-electron chi connectivity index (χ2n) is 4.39. The number of aromatic nitrogens is 2. The third-order valence-electron chi connectivity index (χ3n) is 2.48. The van der Waals surface area contributed by atoms with Crippen molar-refractivity contribution in [2.24, 2.45) is 5.73 Å². The van der Waals surface area contributed by atoms with Gasteiger partial charge in [0.15, 0.2) is 0 Å². The molecule has 2 N–H and O–H groups in total. The summed E-state index contributed by atoms with van der Waals surface area (Å²) in [5.74, 6) is 1.63. The molecule has 5 heteroatoms. The van der Waals surface area contributed by atoms with E-state index in [0.29, 0.717) is 0 Å². The second kappa shape index (κ2) is 7.03. The van der Waals surface area contributed by atoms with Gasteiger partial charge in [-0.3, -0.25) is 0 Å². The predicted octanol–water partition coefficient (Wildman–Crippen LogP) is 3.42. The lowest BCUT2D eigenvalue weighted by Gasteiger charge is -2.06. The third-order valence-corrected chi connectivity index (χ3v) is 4.01. The zero-order valence-electron chi connectivity index (χ0n) is 10.7. The predicted molar refractivity (Wildman–Crippen MR) is 83.1 cm³/mol. The van der Waals surface area contributed by atoms with Crippen LogP contribution >= 0.6 is 27.7 Å². The highest BCUT2D eigenvalue weighted by atomic mass is 79.9. The monoisotopic (exact) mass is 337 g/mol. The van der Waals surface area contributed by atoms with Crippen LogP contribution in [0.4, 0.5) is 0 Å². The molecule has 0 aliphatic heterocycles. The minimum Gasteiger partial charge on any atom is -0.328 e. The molecule has 2 aromatic rings. The van der Waals surface area contributed by atoms with Crippen molar-refractivity contribution in [3.05, 3.63) is 52.5 Å².